The zero-order chi connectivity index (χ0) is 13.7. The number of aldehydes is 1. The fourth-order valence-corrected chi connectivity index (χ4v) is 1.11. The SMILES string of the molecule is COC(=O)C(C)(CC=O)NC(=O)OC(C)(C)C. The molecule has 0 saturated heterocycles. The molecule has 1 N–H and O–H groups in total. The number of rotatable bonds is 4. The Labute approximate surface area is 101 Å². The van der Waals surface area contributed by atoms with E-state index < -0.39 is 23.2 Å². The number of alkyl carbamates (subject to hydrolysis) is 1. The van der Waals surface area contributed by atoms with E-state index in [1.165, 1.54) is 14.0 Å². The van der Waals surface area contributed by atoms with Crippen LogP contribution in [-0.4, -0.2) is 36.6 Å². The number of esters is 1. The minimum absolute atomic E-state index is 0.182. The van der Waals surface area contributed by atoms with Gasteiger partial charge in [-0.2, -0.15) is 0 Å². The van der Waals surface area contributed by atoms with Crippen LogP contribution >= 0.6 is 0 Å². The average molecular weight is 245 g/mol. The molecule has 17 heavy (non-hydrogen) atoms. The Bertz CT molecular complexity index is 307. The van der Waals surface area contributed by atoms with Gasteiger partial charge in [0.1, 0.15) is 17.4 Å². The maximum atomic E-state index is 11.5. The summed E-state index contributed by atoms with van der Waals surface area (Å²) in [4.78, 5) is 33.5. The molecule has 0 fully saturated rings. The third-order valence-electron chi connectivity index (χ3n) is 1.90. The highest BCUT2D eigenvalue weighted by molar-refractivity contribution is 5.87. The molecular weight excluding hydrogens is 226 g/mol. The number of ether oxygens (including phenoxy) is 2. The van der Waals surface area contributed by atoms with Crippen LogP contribution in [0.2, 0.25) is 0 Å². The van der Waals surface area contributed by atoms with Crippen LogP contribution in [0.15, 0.2) is 0 Å². The van der Waals surface area contributed by atoms with Crippen molar-refractivity contribution in [2.45, 2.75) is 45.3 Å². The molecule has 0 aliphatic heterocycles. The molecule has 0 heterocycles. The number of nitrogens with one attached hydrogen (secondary N) is 1. The van der Waals surface area contributed by atoms with Gasteiger partial charge in [-0.25, -0.2) is 9.59 Å². The van der Waals surface area contributed by atoms with Crippen molar-refractivity contribution >= 4 is 18.3 Å². The number of methoxy groups -OCH3 is 1. The minimum Gasteiger partial charge on any atom is -0.467 e. The van der Waals surface area contributed by atoms with Crippen LogP contribution in [0.5, 0.6) is 0 Å². The predicted octanol–water partition coefficient (Wildman–Crippen LogP) is 1.03. The zero-order valence-corrected chi connectivity index (χ0v) is 10.8. The lowest BCUT2D eigenvalue weighted by molar-refractivity contribution is -0.148. The standard InChI is InChI=1S/C11H19NO5/c1-10(2,3)17-9(15)12-11(4,6-7-13)8(14)16-5/h7H,6H2,1-5H3,(H,12,15). The van der Waals surface area contributed by atoms with Gasteiger partial charge in [-0.1, -0.05) is 0 Å². The van der Waals surface area contributed by atoms with Gasteiger partial charge in [0.25, 0.3) is 0 Å². The lowest BCUT2D eigenvalue weighted by Gasteiger charge is -2.28. The maximum Gasteiger partial charge on any atom is 0.408 e. The van der Waals surface area contributed by atoms with Gasteiger partial charge in [0, 0.05) is 6.42 Å². The number of carbonyl (C=O) groups excluding carboxylic acids is 3. The molecule has 0 aromatic carbocycles. The quantitative estimate of drug-likeness (QED) is 0.591. The van der Waals surface area contributed by atoms with Crippen LogP contribution < -0.4 is 5.32 Å². The lowest BCUT2D eigenvalue weighted by atomic mass is 9.99. The number of hydrogen-bond acceptors (Lipinski definition) is 5. The first-order valence-corrected chi connectivity index (χ1v) is 5.18. The summed E-state index contributed by atoms with van der Waals surface area (Å²) in [7, 11) is 1.18. The largest absolute Gasteiger partial charge is 0.467 e. The number of carbonyl (C=O) groups is 3. The molecule has 0 bridgehead atoms. The molecule has 0 rings (SSSR count). The minimum atomic E-state index is -1.40. The topological polar surface area (TPSA) is 81.7 Å². The van der Waals surface area contributed by atoms with Gasteiger partial charge in [0.2, 0.25) is 0 Å². The molecule has 0 aromatic heterocycles. The van der Waals surface area contributed by atoms with E-state index in [-0.39, 0.29) is 6.42 Å². The van der Waals surface area contributed by atoms with E-state index in [9.17, 15) is 14.4 Å². The van der Waals surface area contributed by atoms with E-state index in [4.69, 9.17) is 4.74 Å². The van der Waals surface area contributed by atoms with Crippen LogP contribution in [0, 0.1) is 0 Å². The summed E-state index contributed by atoms with van der Waals surface area (Å²) in [6.07, 6.45) is -0.417. The first-order chi connectivity index (χ1) is 7.64. The molecule has 6 heteroatoms. The third kappa shape index (κ3) is 5.33. The van der Waals surface area contributed by atoms with Crippen LogP contribution in [-0.2, 0) is 19.1 Å². The monoisotopic (exact) mass is 245 g/mol. The fraction of sp³-hybridized carbons (Fsp3) is 0.727. The molecule has 0 aliphatic rings. The van der Waals surface area contributed by atoms with Crippen molar-refractivity contribution in [3.05, 3.63) is 0 Å². The Morgan fingerprint density at radius 1 is 1.24 bits per heavy atom. The highest BCUT2D eigenvalue weighted by atomic mass is 16.6. The summed E-state index contributed by atoms with van der Waals surface area (Å²) in [5.41, 5.74) is -2.08. The average Bonchev–Trinajstić information content (AvgIpc) is 2.13. The molecule has 1 unspecified atom stereocenters. The Morgan fingerprint density at radius 2 is 1.76 bits per heavy atom. The fourth-order valence-electron chi connectivity index (χ4n) is 1.11. The second-order valence-corrected chi connectivity index (χ2v) is 4.82. The third-order valence-corrected chi connectivity index (χ3v) is 1.90. The first-order valence-electron chi connectivity index (χ1n) is 5.18. The summed E-state index contributed by atoms with van der Waals surface area (Å²) < 4.78 is 9.53. The van der Waals surface area contributed by atoms with Crippen LogP contribution in [0.3, 0.4) is 0 Å². The van der Waals surface area contributed by atoms with Gasteiger partial charge < -0.3 is 19.6 Å². The molecule has 1 amide bonds. The van der Waals surface area contributed by atoms with Crippen molar-refractivity contribution in [2.24, 2.45) is 0 Å². The highest BCUT2D eigenvalue weighted by Crippen LogP contribution is 2.13. The van der Waals surface area contributed by atoms with E-state index in [0.29, 0.717) is 6.29 Å². The van der Waals surface area contributed by atoms with Crippen molar-refractivity contribution in [3.63, 3.8) is 0 Å². The summed E-state index contributed by atoms with van der Waals surface area (Å²) in [5, 5.41) is 2.33. The van der Waals surface area contributed by atoms with Crippen molar-refractivity contribution in [1.29, 1.82) is 0 Å². The summed E-state index contributed by atoms with van der Waals surface area (Å²) in [5.74, 6) is -0.699. The normalized spacial score (nSPS) is 14.4. The van der Waals surface area contributed by atoms with Crippen LogP contribution in [0.4, 0.5) is 4.79 Å². The van der Waals surface area contributed by atoms with Gasteiger partial charge in [0.15, 0.2) is 0 Å². The van der Waals surface area contributed by atoms with Gasteiger partial charge in [-0.15, -0.1) is 0 Å². The second-order valence-electron chi connectivity index (χ2n) is 4.82. The van der Waals surface area contributed by atoms with Crippen LogP contribution in [0.25, 0.3) is 0 Å². The van der Waals surface area contributed by atoms with Crippen molar-refractivity contribution in [2.75, 3.05) is 7.11 Å². The Morgan fingerprint density at radius 3 is 2.12 bits per heavy atom. The Kier molecular flexibility index (Phi) is 5.12. The highest BCUT2D eigenvalue weighted by Gasteiger charge is 2.37. The van der Waals surface area contributed by atoms with E-state index in [0.717, 1.165) is 0 Å². The van der Waals surface area contributed by atoms with Gasteiger partial charge in [-0.05, 0) is 27.7 Å². The summed E-state index contributed by atoms with van der Waals surface area (Å²) in [6, 6.07) is 0. The Balaban J connectivity index is 4.71. The van der Waals surface area contributed by atoms with Gasteiger partial charge >= 0.3 is 12.1 Å². The maximum absolute atomic E-state index is 11.5. The molecule has 6 nitrogen and oxygen atoms in total. The molecule has 0 spiro atoms. The van der Waals surface area contributed by atoms with Gasteiger partial charge in [-0.3, -0.25) is 0 Å². The van der Waals surface area contributed by atoms with E-state index in [1.807, 2.05) is 0 Å². The lowest BCUT2D eigenvalue weighted by Crippen LogP contribution is -2.54. The second kappa shape index (κ2) is 5.65. The van der Waals surface area contributed by atoms with Crippen molar-refractivity contribution < 1.29 is 23.9 Å². The number of hydrogen-bond donors (Lipinski definition) is 1. The first kappa shape index (κ1) is 15.4. The van der Waals surface area contributed by atoms with Crippen LogP contribution in [0.1, 0.15) is 34.1 Å². The summed E-state index contributed by atoms with van der Waals surface area (Å²) >= 11 is 0. The van der Waals surface area contributed by atoms with E-state index in [1.54, 1.807) is 20.8 Å². The van der Waals surface area contributed by atoms with E-state index >= 15 is 0 Å². The molecule has 0 aromatic rings. The molecule has 0 radical (unpaired) electrons. The van der Waals surface area contributed by atoms with Crippen molar-refractivity contribution in [1.82, 2.24) is 5.32 Å². The Hall–Kier alpha value is -1.59. The smallest absolute Gasteiger partial charge is 0.408 e. The molecular formula is C11H19NO5. The van der Waals surface area contributed by atoms with Gasteiger partial charge in [0.05, 0.1) is 7.11 Å². The molecule has 1 atom stereocenters. The zero-order valence-electron chi connectivity index (χ0n) is 10.8. The molecule has 0 saturated carbocycles. The predicted molar refractivity (Wildman–Crippen MR) is 60.5 cm³/mol. The summed E-state index contributed by atoms with van der Waals surface area (Å²) in [6.45, 7) is 6.49. The number of amides is 1. The van der Waals surface area contributed by atoms with Crippen molar-refractivity contribution in [3.8, 4) is 0 Å². The molecule has 0 aliphatic carbocycles. The van der Waals surface area contributed by atoms with E-state index in [2.05, 4.69) is 10.1 Å². The molecule has 98 valence electrons.